The first-order valence-corrected chi connectivity index (χ1v) is 12.5. The van der Waals surface area contributed by atoms with Gasteiger partial charge in [-0.15, -0.1) is 11.3 Å². The van der Waals surface area contributed by atoms with Crippen LogP contribution in [0.5, 0.6) is 5.75 Å². The number of amides is 1. The van der Waals surface area contributed by atoms with Gasteiger partial charge in [0.2, 0.25) is 0 Å². The lowest BCUT2D eigenvalue weighted by molar-refractivity contribution is 0.0927. The molecule has 1 amide bonds. The number of fused-ring (bicyclic) bond motifs is 2. The van der Waals surface area contributed by atoms with Crippen molar-refractivity contribution >= 4 is 27.5 Å². The molecule has 3 heterocycles. The standard InChI is InChI=1S/C26H30N2O3S/c1-15(2)22-23-24(17(11-13-27-23)16-7-3-5-9-20(16)29)32-25(22)26(30)28-19-12-14-31-21-10-6-4-8-18(19)21/h4,6,8,10-11,13,15-16,19-20,29H,3,5,7,9,12,14H2,1-2H3,(H,28,30)/t16?,19-,20?/m0/s1. The highest BCUT2D eigenvalue weighted by Gasteiger charge is 2.31. The van der Waals surface area contributed by atoms with Crippen molar-refractivity contribution in [3.63, 3.8) is 0 Å². The molecule has 1 saturated carbocycles. The van der Waals surface area contributed by atoms with Crippen LogP contribution in [0, 0.1) is 0 Å². The molecule has 0 spiro atoms. The third-order valence-corrected chi connectivity index (χ3v) is 8.06. The molecule has 0 saturated heterocycles. The highest BCUT2D eigenvalue weighted by molar-refractivity contribution is 7.21. The van der Waals surface area contributed by atoms with Gasteiger partial charge in [0, 0.05) is 29.7 Å². The van der Waals surface area contributed by atoms with Crippen molar-refractivity contribution in [3.05, 3.63) is 58.1 Å². The van der Waals surface area contributed by atoms with Crippen LogP contribution in [0.2, 0.25) is 0 Å². The number of pyridine rings is 1. The Labute approximate surface area is 192 Å². The summed E-state index contributed by atoms with van der Waals surface area (Å²) in [4.78, 5) is 19.0. The number of hydrogen-bond donors (Lipinski definition) is 2. The lowest BCUT2D eigenvalue weighted by atomic mass is 9.82. The van der Waals surface area contributed by atoms with Crippen molar-refractivity contribution < 1.29 is 14.6 Å². The number of aliphatic hydroxyl groups excluding tert-OH is 1. The Bertz CT molecular complexity index is 1140. The normalized spacial score (nSPS) is 23.1. The fourth-order valence-electron chi connectivity index (χ4n) is 5.21. The van der Waals surface area contributed by atoms with E-state index in [4.69, 9.17) is 9.72 Å². The van der Waals surface area contributed by atoms with Gasteiger partial charge in [0.15, 0.2) is 0 Å². The van der Waals surface area contributed by atoms with E-state index in [0.29, 0.717) is 6.61 Å². The molecule has 2 aliphatic rings. The van der Waals surface area contributed by atoms with Crippen LogP contribution in [0.25, 0.3) is 10.2 Å². The van der Waals surface area contributed by atoms with Crippen LogP contribution in [-0.4, -0.2) is 28.7 Å². The summed E-state index contributed by atoms with van der Waals surface area (Å²) < 4.78 is 6.82. The van der Waals surface area contributed by atoms with E-state index in [2.05, 4.69) is 19.2 Å². The number of carbonyl (C=O) groups is 1. The van der Waals surface area contributed by atoms with Crippen LogP contribution in [0.3, 0.4) is 0 Å². The summed E-state index contributed by atoms with van der Waals surface area (Å²) in [5.41, 5.74) is 4.10. The predicted octanol–water partition coefficient (Wildman–Crippen LogP) is 5.69. The van der Waals surface area contributed by atoms with Crippen LogP contribution < -0.4 is 10.1 Å². The third-order valence-electron chi connectivity index (χ3n) is 6.82. The number of aromatic nitrogens is 1. The molecular weight excluding hydrogens is 420 g/mol. The first-order valence-electron chi connectivity index (χ1n) is 11.7. The topological polar surface area (TPSA) is 71.5 Å². The number of aliphatic hydroxyl groups is 1. The zero-order valence-corrected chi connectivity index (χ0v) is 19.5. The summed E-state index contributed by atoms with van der Waals surface area (Å²) in [5, 5.41) is 13.9. The van der Waals surface area contributed by atoms with Crippen LogP contribution in [0.4, 0.5) is 0 Å². The minimum atomic E-state index is -0.324. The predicted molar refractivity (Wildman–Crippen MR) is 128 cm³/mol. The molecule has 1 fully saturated rings. The number of thiophene rings is 1. The lowest BCUT2D eigenvalue weighted by Gasteiger charge is -2.28. The van der Waals surface area contributed by atoms with E-state index < -0.39 is 0 Å². The van der Waals surface area contributed by atoms with E-state index in [-0.39, 0.29) is 29.9 Å². The van der Waals surface area contributed by atoms with Gasteiger partial charge < -0.3 is 15.2 Å². The molecule has 2 N–H and O–H groups in total. The van der Waals surface area contributed by atoms with Crippen molar-refractivity contribution in [2.45, 2.75) is 69.9 Å². The Morgan fingerprint density at radius 3 is 2.78 bits per heavy atom. The van der Waals surface area contributed by atoms with Crippen molar-refractivity contribution in [1.29, 1.82) is 0 Å². The van der Waals surface area contributed by atoms with E-state index in [1.807, 2.05) is 36.5 Å². The molecule has 32 heavy (non-hydrogen) atoms. The second-order valence-electron chi connectivity index (χ2n) is 9.24. The number of para-hydroxylation sites is 1. The molecule has 1 aliphatic heterocycles. The molecule has 168 valence electrons. The Kier molecular flexibility index (Phi) is 5.91. The molecular formula is C26H30N2O3S. The molecule has 0 bridgehead atoms. The zero-order chi connectivity index (χ0) is 22.2. The lowest BCUT2D eigenvalue weighted by Crippen LogP contribution is -2.32. The number of nitrogens with zero attached hydrogens (tertiary/aromatic N) is 1. The van der Waals surface area contributed by atoms with Gasteiger partial charge >= 0.3 is 0 Å². The quantitative estimate of drug-likeness (QED) is 0.535. The minimum absolute atomic E-state index is 0.0476. The summed E-state index contributed by atoms with van der Waals surface area (Å²) in [7, 11) is 0. The fraction of sp³-hybridized carbons (Fsp3) is 0.462. The largest absolute Gasteiger partial charge is 0.493 e. The van der Waals surface area contributed by atoms with Gasteiger partial charge in [-0.1, -0.05) is 44.9 Å². The summed E-state index contributed by atoms with van der Waals surface area (Å²) in [6.45, 7) is 4.83. The monoisotopic (exact) mass is 450 g/mol. The highest BCUT2D eigenvalue weighted by Crippen LogP contribution is 2.43. The molecule has 5 rings (SSSR count). The van der Waals surface area contributed by atoms with E-state index in [9.17, 15) is 9.90 Å². The summed E-state index contributed by atoms with van der Waals surface area (Å²) >= 11 is 1.54. The smallest absolute Gasteiger partial charge is 0.262 e. The molecule has 2 unspecified atom stereocenters. The van der Waals surface area contributed by atoms with Gasteiger partial charge in [-0.25, -0.2) is 0 Å². The number of carbonyl (C=O) groups excluding carboxylic acids is 1. The Hall–Kier alpha value is -2.44. The number of benzene rings is 1. The number of ether oxygens (including phenoxy) is 1. The summed E-state index contributed by atoms with van der Waals surface area (Å²) in [6, 6.07) is 9.90. The molecule has 2 aromatic heterocycles. The van der Waals surface area contributed by atoms with Crippen molar-refractivity contribution in [3.8, 4) is 5.75 Å². The van der Waals surface area contributed by atoms with E-state index >= 15 is 0 Å². The van der Waals surface area contributed by atoms with E-state index in [0.717, 1.165) is 69.6 Å². The van der Waals surface area contributed by atoms with Gasteiger partial charge in [-0.3, -0.25) is 9.78 Å². The second kappa shape index (κ2) is 8.83. The number of rotatable bonds is 4. The Balaban J connectivity index is 1.53. The molecule has 0 radical (unpaired) electrons. The third kappa shape index (κ3) is 3.80. The molecule has 1 aromatic carbocycles. The first kappa shape index (κ1) is 21.4. The molecule has 3 atom stereocenters. The first-order chi connectivity index (χ1) is 15.5. The van der Waals surface area contributed by atoms with Gasteiger partial charge in [0.25, 0.3) is 5.91 Å². The maximum atomic E-state index is 13.6. The Morgan fingerprint density at radius 2 is 1.97 bits per heavy atom. The average molecular weight is 451 g/mol. The summed E-state index contributed by atoms with van der Waals surface area (Å²) in [5.74, 6) is 1.09. The molecule has 3 aromatic rings. The average Bonchev–Trinajstić information content (AvgIpc) is 3.20. The maximum Gasteiger partial charge on any atom is 0.262 e. The van der Waals surface area contributed by atoms with Crippen molar-refractivity contribution in [2.75, 3.05) is 6.61 Å². The zero-order valence-electron chi connectivity index (χ0n) is 18.6. The molecule has 1 aliphatic carbocycles. The second-order valence-corrected chi connectivity index (χ2v) is 10.3. The van der Waals surface area contributed by atoms with Crippen LogP contribution in [-0.2, 0) is 0 Å². The minimum Gasteiger partial charge on any atom is -0.493 e. The SMILES string of the molecule is CC(C)c1c(C(=O)N[C@H]2CCOc3ccccc32)sc2c(C3CCCCC3O)ccnc12. The maximum absolute atomic E-state index is 13.6. The molecule has 5 nitrogen and oxygen atoms in total. The van der Waals surface area contributed by atoms with Crippen LogP contribution in [0.15, 0.2) is 36.5 Å². The summed E-state index contributed by atoms with van der Waals surface area (Å²) in [6.07, 6.45) is 6.30. The Morgan fingerprint density at radius 1 is 1.16 bits per heavy atom. The van der Waals surface area contributed by atoms with Gasteiger partial charge in [0.05, 0.1) is 33.8 Å². The van der Waals surface area contributed by atoms with Gasteiger partial charge in [0.1, 0.15) is 5.75 Å². The van der Waals surface area contributed by atoms with Gasteiger partial charge in [-0.2, -0.15) is 0 Å². The van der Waals surface area contributed by atoms with E-state index in [1.54, 1.807) is 0 Å². The van der Waals surface area contributed by atoms with Crippen LogP contribution >= 0.6 is 11.3 Å². The number of nitrogens with one attached hydrogen (secondary N) is 1. The number of hydrogen-bond acceptors (Lipinski definition) is 5. The van der Waals surface area contributed by atoms with Crippen molar-refractivity contribution in [2.24, 2.45) is 0 Å². The van der Waals surface area contributed by atoms with Crippen LogP contribution in [0.1, 0.15) is 90.2 Å². The fourth-order valence-corrected chi connectivity index (χ4v) is 6.61. The van der Waals surface area contributed by atoms with Crippen molar-refractivity contribution in [1.82, 2.24) is 10.3 Å². The van der Waals surface area contributed by atoms with Gasteiger partial charge in [-0.05, 0) is 36.5 Å². The highest BCUT2D eigenvalue weighted by atomic mass is 32.1. The molecule has 6 heteroatoms. The van der Waals surface area contributed by atoms with E-state index in [1.165, 1.54) is 11.3 Å².